The monoisotopic (exact) mass is 529 g/mol. The molecular weight excluding hydrogens is 486 g/mol. The molecule has 0 aliphatic rings. The van der Waals surface area contributed by atoms with E-state index in [1.807, 2.05) is 46.1 Å². The smallest absolute Gasteiger partial charge is 0.439 e. The molecule has 38 heavy (non-hydrogen) atoms. The lowest BCUT2D eigenvalue weighted by Gasteiger charge is -2.28. The number of nitrogens with zero attached hydrogens (tertiary/aromatic N) is 3. The molecule has 0 saturated carbocycles. The van der Waals surface area contributed by atoms with Crippen LogP contribution in [-0.2, 0) is 38.2 Å². The molecule has 0 aliphatic carbocycles. The number of ketones is 1. The maximum Gasteiger partial charge on any atom is 0.439 e. The van der Waals surface area contributed by atoms with Gasteiger partial charge in [0, 0.05) is 42.6 Å². The molecule has 0 atom stereocenters. The summed E-state index contributed by atoms with van der Waals surface area (Å²) in [5.74, 6) is -0.195. The highest BCUT2D eigenvalue weighted by Gasteiger charge is 2.28. The first kappa shape index (κ1) is 30.9. The standard InChI is InChI=1S/C29H43N3O6/c1-10-20(11-2)16-31-12-13-32(26(31)30-27(36)38-18-37-19(3)33)17-24(34)21-14-22(28(4,5)6)25(35)23(15-21)29(7,8)9/h12-15,20,35H,10-11,16-18H2,1-9H3. The summed E-state index contributed by atoms with van der Waals surface area (Å²) in [5, 5.41) is 11.0. The number of imidazole rings is 1. The summed E-state index contributed by atoms with van der Waals surface area (Å²) >= 11 is 0. The van der Waals surface area contributed by atoms with Crippen molar-refractivity contribution in [1.29, 1.82) is 0 Å². The quantitative estimate of drug-likeness (QED) is 0.262. The van der Waals surface area contributed by atoms with E-state index in [4.69, 9.17) is 4.74 Å². The number of carbonyl (C=O) groups is 3. The van der Waals surface area contributed by atoms with Crippen molar-refractivity contribution in [3.05, 3.63) is 46.8 Å². The number of esters is 1. The zero-order valence-corrected chi connectivity index (χ0v) is 24.3. The SMILES string of the molecule is CCC(CC)Cn1ccn(CC(=O)c2cc(C(C)(C)C)c(O)c(C(C)(C)C)c2)c1=NC(=O)OCOC(C)=O. The Morgan fingerprint density at radius 3 is 1.92 bits per heavy atom. The molecule has 0 bridgehead atoms. The van der Waals surface area contributed by atoms with E-state index >= 15 is 0 Å². The molecule has 1 N–H and O–H groups in total. The van der Waals surface area contributed by atoms with Gasteiger partial charge in [-0.2, -0.15) is 0 Å². The van der Waals surface area contributed by atoms with Crippen molar-refractivity contribution in [3.63, 3.8) is 0 Å². The van der Waals surface area contributed by atoms with E-state index in [0.29, 0.717) is 29.2 Å². The zero-order valence-electron chi connectivity index (χ0n) is 24.3. The maximum atomic E-state index is 13.6. The summed E-state index contributed by atoms with van der Waals surface area (Å²) in [6.07, 6.45) is 4.48. The Hall–Kier alpha value is -3.36. The van der Waals surface area contributed by atoms with Crippen LogP contribution in [0.5, 0.6) is 5.75 Å². The molecule has 0 fully saturated rings. The fourth-order valence-corrected chi connectivity index (χ4v) is 4.14. The molecule has 9 nitrogen and oxygen atoms in total. The maximum absolute atomic E-state index is 13.6. The number of phenols is 1. The van der Waals surface area contributed by atoms with Gasteiger partial charge in [-0.05, 0) is 28.9 Å². The Balaban J connectivity index is 2.53. The topological polar surface area (TPSA) is 112 Å². The number of aromatic hydroxyl groups is 1. The Morgan fingerprint density at radius 2 is 1.45 bits per heavy atom. The van der Waals surface area contributed by atoms with Gasteiger partial charge in [0.2, 0.25) is 12.4 Å². The minimum absolute atomic E-state index is 0.0656. The molecule has 0 aliphatic heterocycles. The third-order valence-corrected chi connectivity index (χ3v) is 6.55. The third-order valence-electron chi connectivity index (χ3n) is 6.55. The Morgan fingerprint density at radius 1 is 0.921 bits per heavy atom. The van der Waals surface area contributed by atoms with E-state index in [0.717, 1.165) is 12.8 Å². The largest absolute Gasteiger partial charge is 0.507 e. The van der Waals surface area contributed by atoms with Gasteiger partial charge in [0.15, 0.2) is 5.78 Å². The molecule has 0 radical (unpaired) electrons. The van der Waals surface area contributed by atoms with E-state index in [1.54, 1.807) is 29.1 Å². The second kappa shape index (κ2) is 12.5. The summed E-state index contributed by atoms with van der Waals surface area (Å²) in [5.41, 5.74) is 1.38. The van der Waals surface area contributed by atoms with Crippen LogP contribution in [0.4, 0.5) is 4.79 Å². The van der Waals surface area contributed by atoms with Gasteiger partial charge in [-0.25, -0.2) is 4.79 Å². The highest BCUT2D eigenvalue weighted by atomic mass is 16.7. The van der Waals surface area contributed by atoms with Crippen LogP contribution in [0, 0.1) is 5.92 Å². The zero-order chi connectivity index (χ0) is 28.8. The average Bonchev–Trinajstić information content (AvgIpc) is 3.16. The molecule has 2 aromatic rings. The van der Waals surface area contributed by atoms with Gasteiger partial charge in [-0.1, -0.05) is 68.2 Å². The van der Waals surface area contributed by atoms with E-state index in [9.17, 15) is 19.5 Å². The Bertz CT molecular complexity index is 1190. The number of hydrogen-bond donors (Lipinski definition) is 1. The van der Waals surface area contributed by atoms with Crippen molar-refractivity contribution in [3.8, 4) is 5.75 Å². The van der Waals surface area contributed by atoms with Gasteiger partial charge in [0.1, 0.15) is 5.75 Å². The minimum Gasteiger partial charge on any atom is -0.507 e. The Labute approximate surface area is 225 Å². The normalized spacial score (nSPS) is 12.6. The lowest BCUT2D eigenvalue weighted by molar-refractivity contribution is -0.148. The molecule has 2 rings (SSSR count). The van der Waals surface area contributed by atoms with E-state index in [1.165, 1.54) is 6.92 Å². The van der Waals surface area contributed by atoms with Crippen molar-refractivity contribution in [2.24, 2.45) is 10.9 Å². The molecule has 0 unspecified atom stereocenters. The van der Waals surface area contributed by atoms with Gasteiger partial charge in [-0.15, -0.1) is 4.99 Å². The molecule has 9 heteroatoms. The van der Waals surface area contributed by atoms with Gasteiger partial charge < -0.3 is 23.7 Å². The average molecular weight is 530 g/mol. The molecule has 0 saturated heterocycles. The number of ether oxygens (including phenoxy) is 2. The highest BCUT2D eigenvalue weighted by molar-refractivity contribution is 5.96. The van der Waals surface area contributed by atoms with Crippen LogP contribution in [0.15, 0.2) is 29.5 Å². The van der Waals surface area contributed by atoms with Crippen LogP contribution in [0.3, 0.4) is 0 Å². The molecular formula is C29H43N3O6. The molecule has 1 aromatic carbocycles. The number of hydrogen-bond acceptors (Lipinski definition) is 6. The molecule has 1 heterocycles. The number of benzene rings is 1. The van der Waals surface area contributed by atoms with E-state index in [2.05, 4.69) is 23.6 Å². The van der Waals surface area contributed by atoms with Crippen LogP contribution in [0.1, 0.15) is 96.6 Å². The fraction of sp³-hybridized carbons (Fsp3) is 0.586. The summed E-state index contributed by atoms with van der Waals surface area (Å²) in [7, 11) is 0. The van der Waals surface area contributed by atoms with Gasteiger partial charge >= 0.3 is 12.1 Å². The van der Waals surface area contributed by atoms with E-state index < -0.39 is 18.9 Å². The third kappa shape index (κ3) is 8.07. The molecule has 0 spiro atoms. The first-order valence-corrected chi connectivity index (χ1v) is 13.1. The highest BCUT2D eigenvalue weighted by Crippen LogP contribution is 2.39. The summed E-state index contributed by atoms with van der Waals surface area (Å²) < 4.78 is 13.0. The lowest BCUT2D eigenvalue weighted by Crippen LogP contribution is -2.31. The predicted octanol–water partition coefficient (Wildman–Crippen LogP) is 5.47. The van der Waals surface area contributed by atoms with Crippen LogP contribution in [-0.4, -0.2) is 38.9 Å². The van der Waals surface area contributed by atoms with Crippen LogP contribution in [0.25, 0.3) is 0 Å². The van der Waals surface area contributed by atoms with Gasteiger partial charge in [0.05, 0.1) is 6.54 Å². The van der Waals surface area contributed by atoms with Crippen LogP contribution >= 0.6 is 0 Å². The van der Waals surface area contributed by atoms with Crippen molar-refractivity contribution in [1.82, 2.24) is 9.13 Å². The predicted molar refractivity (Wildman–Crippen MR) is 145 cm³/mol. The molecule has 210 valence electrons. The van der Waals surface area contributed by atoms with Gasteiger partial charge in [0.25, 0.3) is 0 Å². The number of aromatic nitrogens is 2. The van der Waals surface area contributed by atoms with Crippen molar-refractivity contribution < 1.29 is 29.0 Å². The summed E-state index contributed by atoms with van der Waals surface area (Å²) in [6, 6.07) is 3.50. The second-order valence-electron chi connectivity index (χ2n) is 11.7. The molecule has 1 aromatic heterocycles. The van der Waals surface area contributed by atoms with Crippen molar-refractivity contribution in [2.75, 3.05) is 6.79 Å². The first-order chi connectivity index (χ1) is 17.6. The van der Waals surface area contributed by atoms with Crippen LogP contribution in [0.2, 0.25) is 0 Å². The van der Waals surface area contributed by atoms with E-state index in [-0.39, 0.29) is 34.5 Å². The van der Waals surface area contributed by atoms with Crippen molar-refractivity contribution in [2.45, 2.75) is 99.1 Å². The number of amides is 1. The fourth-order valence-electron chi connectivity index (χ4n) is 4.14. The number of carbonyl (C=O) groups excluding carboxylic acids is 3. The number of rotatable bonds is 9. The van der Waals surface area contributed by atoms with Crippen LogP contribution < -0.4 is 5.62 Å². The lowest BCUT2D eigenvalue weighted by atomic mass is 9.78. The summed E-state index contributed by atoms with van der Waals surface area (Å²) in [6.45, 7) is 17.4. The number of phenolic OH excluding ortho intramolecular Hbond substituents is 1. The summed E-state index contributed by atoms with van der Waals surface area (Å²) in [4.78, 5) is 41.1. The van der Waals surface area contributed by atoms with Crippen molar-refractivity contribution >= 4 is 17.8 Å². The minimum atomic E-state index is -0.924. The van der Waals surface area contributed by atoms with Gasteiger partial charge in [-0.3, -0.25) is 9.59 Å². The first-order valence-electron chi connectivity index (χ1n) is 13.1. The molecule has 1 amide bonds. The Kier molecular flexibility index (Phi) is 10.1. The second-order valence-corrected chi connectivity index (χ2v) is 11.7. The number of Topliss-reactive ketones (excluding diaryl/α,β-unsaturated/α-hetero) is 1.